The number of carbonyl (C=O) groups excluding carboxylic acids is 1. The molecule has 3 rings (SSSR count). The van der Waals surface area contributed by atoms with Gasteiger partial charge >= 0.3 is 0 Å². The quantitative estimate of drug-likeness (QED) is 0.872. The monoisotopic (exact) mass is 310 g/mol. The lowest BCUT2D eigenvalue weighted by Gasteiger charge is -2.07. The van der Waals surface area contributed by atoms with Gasteiger partial charge in [0, 0.05) is 23.7 Å². The van der Waals surface area contributed by atoms with Gasteiger partial charge in [-0.05, 0) is 38.4 Å². The Hall–Kier alpha value is -1.03. The molecular formula is C15H16Cl2N2O. The predicted molar refractivity (Wildman–Crippen MR) is 83.0 cm³/mol. The van der Waals surface area contributed by atoms with Gasteiger partial charge in [-0.25, -0.2) is 0 Å². The molecule has 2 aromatic rings. The number of carbonyl (C=O) groups is 1. The number of aromatic nitrogens is 1. The molecule has 106 valence electrons. The van der Waals surface area contributed by atoms with Gasteiger partial charge in [0.2, 0.25) is 0 Å². The van der Waals surface area contributed by atoms with Crippen molar-refractivity contribution >= 4 is 39.9 Å². The van der Waals surface area contributed by atoms with Gasteiger partial charge in [0.15, 0.2) is 5.78 Å². The van der Waals surface area contributed by atoms with Crippen molar-refractivity contribution in [3.63, 3.8) is 0 Å². The first-order valence-electron chi connectivity index (χ1n) is 6.87. The van der Waals surface area contributed by atoms with Crippen LogP contribution in [-0.4, -0.2) is 22.9 Å². The van der Waals surface area contributed by atoms with Crippen molar-refractivity contribution in [2.45, 2.75) is 32.4 Å². The fourth-order valence-corrected chi connectivity index (χ4v) is 3.16. The molecule has 1 unspecified atom stereocenters. The van der Waals surface area contributed by atoms with E-state index in [1.54, 1.807) is 6.07 Å². The Balaban J connectivity index is 2.15. The van der Waals surface area contributed by atoms with Crippen molar-refractivity contribution in [1.29, 1.82) is 0 Å². The molecule has 1 aromatic carbocycles. The predicted octanol–water partition coefficient (Wildman–Crippen LogP) is 3.90. The summed E-state index contributed by atoms with van der Waals surface area (Å²) in [5, 5.41) is 5.15. The summed E-state index contributed by atoms with van der Waals surface area (Å²) in [5.41, 5.74) is 1.70. The van der Waals surface area contributed by atoms with E-state index < -0.39 is 0 Å². The van der Waals surface area contributed by atoms with Gasteiger partial charge in [-0.2, -0.15) is 0 Å². The first kappa shape index (κ1) is 13.9. The van der Waals surface area contributed by atoms with Crippen LogP contribution >= 0.6 is 23.2 Å². The fraction of sp³-hybridized carbons (Fsp3) is 0.400. The van der Waals surface area contributed by atoms with Gasteiger partial charge < -0.3 is 9.88 Å². The standard InChI is InChI=1S/C15H16Cl2N2O/c1-2-19-8-10(15(20)13-4-3-5-18-13)9-6-11(16)12(17)7-14(9)19/h6-8,13,18H,2-5H2,1H3. The summed E-state index contributed by atoms with van der Waals surface area (Å²) in [6, 6.07) is 3.56. The van der Waals surface area contributed by atoms with Gasteiger partial charge in [-0.1, -0.05) is 23.2 Å². The molecule has 1 aliphatic rings. The number of aryl methyl sites for hydroxylation is 1. The molecule has 1 fully saturated rings. The minimum atomic E-state index is -0.0691. The number of nitrogens with one attached hydrogen (secondary N) is 1. The van der Waals surface area contributed by atoms with Crippen molar-refractivity contribution in [2.24, 2.45) is 0 Å². The first-order chi connectivity index (χ1) is 9.61. The number of nitrogens with zero attached hydrogens (tertiary/aromatic N) is 1. The van der Waals surface area contributed by atoms with Crippen LogP contribution in [0.5, 0.6) is 0 Å². The molecule has 2 heterocycles. The van der Waals surface area contributed by atoms with E-state index in [1.165, 1.54) is 0 Å². The largest absolute Gasteiger partial charge is 0.347 e. The zero-order valence-corrected chi connectivity index (χ0v) is 12.8. The number of ketones is 1. The molecule has 0 bridgehead atoms. The van der Waals surface area contributed by atoms with Crippen LogP contribution in [0.4, 0.5) is 0 Å². The van der Waals surface area contributed by atoms with E-state index >= 15 is 0 Å². The van der Waals surface area contributed by atoms with Crippen molar-refractivity contribution < 1.29 is 4.79 Å². The second-order valence-electron chi connectivity index (χ2n) is 5.13. The average molecular weight is 311 g/mol. The third-order valence-electron chi connectivity index (χ3n) is 3.91. The fourth-order valence-electron chi connectivity index (χ4n) is 2.84. The second kappa shape index (κ2) is 5.40. The summed E-state index contributed by atoms with van der Waals surface area (Å²) in [5.74, 6) is 0.151. The molecule has 0 spiro atoms. The molecule has 1 atom stereocenters. The number of rotatable bonds is 3. The molecule has 1 saturated heterocycles. The highest BCUT2D eigenvalue weighted by atomic mass is 35.5. The van der Waals surface area contributed by atoms with E-state index in [9.17, 15) is 4.79 Å². The van der Waals surface area contributed by atoms with E-state index in [-0.39, 0.29) is 11.8 Å². The maximum absolute atomic E-state index is 12.6. The number of benzene rings is 1. The second-order valence-corrected chi connectivity index (χ2v) is 5.94. The van der Waals surface area contributed by atoms with Crippen molar-refractivity contribution in [3.05, 3.63) is 33.9 Å². The van der Waals surface area contributed by atoms with E-state index in [4.69, 9.17) is 23.2 Å². The van der Waals surface area contributed by atoms with Crippen LogP contribution < -0.4 is 5.32 Å². The van der Waals surface area contributed by atoms with Crippen molar-refractivity contribution in [1.82, 2.24) is 9.88 Å². The Morgan fingerprint density at radius 2 is 2.15 bits per heavy atom. The number of hydrogen-bond donors (Lipinski definition) is 1. The SMILES string of the molecule is CCn1cc(C(=O)C2CCCN2)c2cc(Cl)c(Cl)cc21. The maximum Gasteiger partial charge on any atom is 0.181 e. The molecule has 1 aliphatic heterocycles. The van der Waals surface area contributed by atoms with Crippen LogP contribution in [0.3, 0.4) is 0 Å². The topological polar surface area (TPSA) is 34.0 Å². The van der Waals surface area contributed by atoms with E-state index in [0.717, 1.165) is 42.4 Å². The lowest BCUT2D eigenvalue weighted by Crippen LogP contribution is -2.30. The third-order valence-corrected chi connectivity index (χ3v) is 4.63. The summed E-state index contributed by atoms with van der Waals surface area (Å²) >= 11 is 12.2. The van der Waals surface area contributed by atoms with Crippen molar-refractivity contribution in [3.8, 4) is 0 Å². The van der Waals surface area contributed by atoms with Gasteiger partial charge in [0.05, 0.1) is 21.6 Å². The molecule has 0 aliphatic carbocycles. The minimum absolute atomic E-state index is 0.0691. The van der Waals surface area contributed by atoms with E-state index in [1.807, 2.05) is 23.8 Å². The number of halogens is 2. The van der Waals surface area contributed by atoms with Gasteiger partial charge in [0.1, 0.15) is 0 Å². The lowest BCUT2D eigenvalue weighted by molar-refractivity contribution is 0.0954. The molecule has 0 amide bonds. The Morgan fingerprint density at radius 3 is 2.80 bits per heavy atom. The zero-order valence-electron chi connectivity index (χ0n) is 11.2. The molecule has 5 heteroatoms. The highest BCUT2D eigenvalue weighted by Crippen LogP contribution is 2.32. The smallest absolute Gasteiger partial charge is 0.181 e. The Bertz CT molecular complexity index is 672. The van der Waals surface area contributed by atoms with Crippen LogP contribution in [0.2, 0.25) is 10.0 Å². The molecule has 3 nitrogen and oxygen atoms in total. The lowest BCUT2D eigenvalue weighted by atomic mass is 10.0. The molecule has 1 aromatic heterocycles. The van der Waals surface area contributed by atoms with Crippen LogP contribution in [-0.2, 0) is 6.54 Å². The summed E-state index contributed by atoms with van der Waals surface area (Å²) in [7, 11) is 0. The maximum atomic E-state index is 12.6. The summed E-state index contributed by atoms with van der Waals surface area (Å²) in [6.45, 7) is 3.75. The molecule has 20 heavy (non-hydrogen) atoms. The van der Waals surface area contributed by atoms with Gasteiger partial charge in [0.25, 0.3) is 0 Å². The van der Waals surface area contributed by atoms with Crippen LogP contribution in [0.15, 0.2) is 18.3 Å². The normalized spacial score (nSPS) is 18.9. The van der Waals surface area contributed by atoms with Crippen LogP contribution in [0, 0.1) is 0 Å². The molecule has 1 N–H and O–H groups in total. The molecule has 0 radical (unpaired) electrons. The van der Waals surface area contributed by atoms with Crippen LogP contribution in [0.25, 0.3) is 10.9 Å². The average Bonchev–Trinajstić information content (AvgIpc) is 3.06. The Labute approximate surface area is 127 Å². The van der Waals surface area contributed by atoms with Gasteiger partial charge in [-0.15, -0.1) is 0 Å². The first-order valence-corrected chi connectivity index (χ1v) is 7.63. The Morgan fingerprint density at radius 1 is 1.40 bits per heavy atom. The zero-order chi connectivity index (χ0) is 14.3. The van der Waals surface area contributed by atoms with Crippen molar-refractivity contribution in [2.75, 3.05) is 6.54 Å². The molecular weight excluding hydrogens is 295 g/mol. The highest BCUT2D eigenvalue weighted by Gasteiger charge is 2.26. The van der Waals surface area contributed by atoms with Gasteiger partial charge in [-0.3, -0.25) is 4.79 Å². The summed E-state index contributed by atoms with van der Waals surface area (Å²) in [6.07, 6.45) is 3.87. The minimum Gasteiger partial charge on any atom is -0.347 e. The summed E-state index contributed by atoms with van der Waals surface area (Å²) in [4.78, 5) is 12.6. The Kier molecular flexibility index (Phi) is 3.76. The molecule has 0 saturated carbocycles. The third kappa shape index (κ3) is 2.24. The van der Waals surface area contributed by atoms with E-state index in [2.05, 4.69) is 5.32 Å². The number of fused-ring (bicyclic) bond motifs is 1. The van der Waals surface area contributed by atoms with Crippen LogP contribution in [0.1, 0.15) is 30.1 Å². The summed E-state index contributed by atoms with van der Waals surface area (Å²) < 4.78 is 2.04. The highest BCUT2D eigenvalue weighted by molar-refractivity contribution is 6.43. The number of Topliss-reactive ketones (excluding diaryl/α,β-unsaturated/α-hetero) is 1. The van der Waals surface area contributed by atoms with E-state index in [0.29, 0.717) is 10.0 Å². The number of hydrogen-bond acceptors (Lipinski definition) is 2.